The van der Waals surface area contributed by atoms with Crippen LogP contribution in [0.25, 0.3) is 10.2 Å². The van der Waals surface area contributed by atoms with Crippen molar-refractivity contribution in [3.8, 4) is 0 Å². The molecule has 8 heteroatoms. The third-order valence-electron chi connectivity index (χ3n) is 6.74. The summed E-state index contributed by atoms with van der Waals surface area (Å²) in [7, 11) is 4.07. The van der Waals surface area contributed by atoms with Crippen molar-refractivity contribution in [2.24, 2.45) is 5.92 Å². The largest absolute Gasteiger partial charge is 0.328 e. The van der Waals surface area contributed by atoms with Gasteiger partial charge in [-0.25, -0.2) is 4.98 Å². The van der Waals surface area contributed by atoms with Crippen LogP contribution >= 0.6 is 11.5 Å². The lowest BCUT2D eigenvalue weighted by Crippen LogP contribution is -2.42. The van der Waals surface area contributed by atoms with Gasteiger partial charge in [0.2, 0.25) is 0 Å². The Morgan fingerprint density at radius 2 is 1.76 bits per heavy atom. The first-order valence-electron chi connectivity index (χ1n) is 13.1. The van der Waals surface area contributed by atoms with Crippen molar-refractivity contribution >= 4 is 27.7 Å². The molecule has 1 unspecified atom stereocenters. The number of carbonyl (C=O) groups excluding carboxylic acids is 1. The number of rotatable bonds is 10. The number of amides is 1. The predicted molar refractivity (Wildman–Crippen MR) is 155 cm³/mol. The number of nitrogens with zero attached hydrogens (tertiary/aromatic N) is 5. The van der Waals surface area contributed by atoms with Crippen molar-refractivity contribution in [2.45, 2.75) is 46.7 Å². The molecule has 0 aliphatic rings. The molecule has 1 atom stereocenters. The van der Waals surface area contributed by atoms with Crippen LogP contribution < -0.4 is 5.56 Å². The molecule has 0 fully saturated rings. The molecule has 4 rings (SSSR count). The molecular formula is C30H37N5O2S. The molecule has 2 aromatic heterocycles. The minimum absolute atomic E-state index is 0.0183. The van der Waals surface area contributed by atoms with Crippen LogP contribution in [0, 0.1) is 19.8 Å². The maximum absolute atomic E-state index is 14.1. The summed E-state index contributed by atoms with van der Waals surface area (Å²) < 4.78 is 6.00. The van der Waals surface area contributed by atoms with Crippen molar-refractivity contribution in [3.63, 3.8) is 0 Å². The molecule has 0 saturated heterocycles. The fraction of sp³-hybridized carbons (Fsp3) is 0.400. The van der Waals surface area contributed by atoms with E-state index in [-0.39, 0.29) is 17.4 Å². The summed E-state index contributed by atoms with van der Waals surface area (Å²) in [5.41, 5.74) is 3.76. The second-order valence-corrected chi connectivity index (χ2v) is 11.4. The van der Waals surface area contributed by atoms with Crippen molar-refractivity contribution in [3.05, 3.63) is 93.2 Å². The van der Waals surface area contributed by atoms with E-state index >= 15 is 0 Å². The minimum Gasteiger partial charge on any atom is -0.328 e. The Balaban J connectivity index is 1.87. The monoisotopic (exact) mass is 531 g/mol. The summed E-state index contributed by atoms with van der Waals surface area (Å²) in [5, 5.41) is 0.512. The molecule has 2 heterocycles. The SMILES string of the molecule is Cc1ccc(C(=O)N(CCCN(C)C)C(c2nc3sncc3c(=O)n2Cc2cccc(C)c2)C(C)C)cc1. The molecule has 4 aromatic rings. The smallest absolute Gasteiger partial charge is 0.264 e. The zero-order chi connectivity index (χ0) is 27.4. The summed E-state index contributed by atoms with van der Waals surface area (Å²) in [6.45, 7) is 10.0. The van der Waals surface area contributed by atoms with Crippen molar-refractivity contribution < 1.29 is 4.79 Å². The van der Waals surface area contributed by atoms with E-state index in [2.05, 4.69) is 29.2 Å². The summed E-state index contributed by atoms with van der Waals surface area (Å²) >= 11 is 1.22. The quantitative estimate of drug-likeness (QED) is 0.277. The average Bonchev–Trinajstić information content (AvgIpc) is 3.34. The third kappa shape index (κ3) is 6.19. The van der Waals surface area contributed by atoms with Gasteiger partial charge in [-0.2, -0.15) is 4.37 Å². The van der Waals surface area contributed by atoms with Crippen LogP contribution in [0.5, 0.6) is 0 Å². The first-order valence-corrected chi connectivity index (χ1v) is 13.9. The topological polar surface area (TPSA) is 71.3 Å². The van der Waals surface area contributed by atoms with Gasteiger partial charge < -0.3 is 9.80 Å². The lowest BCUT2D eigenvalue weighted by Gasteiger charge is -2.35. The molecule has 0 N–H and O–H groups in total. The van der Waals surface area contributed by atoms with Gasteiger partial charge in [0.15, 0.2) is 4.83 Å². The third-order valence-corrected chi connectivity index (χ3v) is 7.43. The number of aromatic nitrogens is 3. The van der Waals surface area contributed by atoms with Crippen LogP contribution in [0.3, 0.4) is 0 Å². The molecule has 1 amide bonds. The number of fused-ring (bicyclic) bond motifs is 1. The number of hydrogen-bond donors (Lipinski definition) is 0. The van der Waals surface area contributed by atoms with Gasteiger partial charge in [-0.15, -0.1) is 0 Å². The molecule has 0 radical (unpaired) electrons. The van der Waals surface area contributed by atoms with Crippen LogP contribution in [0.15, 0.2) is 59.5 Å². The van der Waals surface area contributed by atoms with E-state index in [0.29, 0.717) is 34.7 Å². The Hall–Kier alpha value is -3.36. The van der Waals surface area contributed by atoms with Gasteiger partial charge in [0.05, 0.1) is 24.2 Å². The van der Waals surface area contributed by atoms with Crippen LogP contribution in [-0.4, -0.2) is 56.8 Å². The van der Waals surface area contributed by atoms with Crippen molar-refractivity contribution in [2.75, 3.05) is 27.2 Å². The van der Waals surface area contributed by atoms with Gasteiger partial charge in [-0.3, -0.25) is 14.2 Å². The highest BCUT2D eigenvalue weighted by Gasteiger charge is 2.33. The zero-order valence-corrected chi connectivity index (χ0v) is 24.0. The van der Waals surface area contributed by atoms with E-state index in [0.717, 1.165) is 29.7 Å². The van der Waals surface area contributed by atoms with Crippen LogP contribution in [0.1, 0.15) is 59.2 Å². The van der Waals surface area contributed by atoms with E-state index in [1.54, 1.807) is 10.8 Å². The number of benzene rings is 2. The molecule has 2 aromatic carbocycles. The van der Waals surface area contributed by atoms with E-state index in [9.17, 15) is 9.59 Å². The second-order valence-electron chi connectivity index (χ2n) is 10.6. The Kier molecular flexibility index (Phi) is 8.74. The van der Waals surface area contributed by atoms with Gasteiger partial charge in [0.1, 0.15) is 5.82 Å². The van der Waals surface area contributed by atoms with Crippen LogP contribution in [0.4, 0.5) is 0 Å². The molecule has 7 nitrogen and oxygen atoms in total. The molecule has 200 valence electrons. The maximum Gasteiger partial charge on any atom is 0.264 e. The van der Waals surface area contributed by atoms with Crippen LogP contribution in [0.2, 0.25) is 0 Å². The highest BCUT2D eigenvalue weighted by molar-refractivity contribution is 7.12. The lowest BCUT2D eigenvalue weighted by atomic mass is 9.98. The first kappa shape index (κ1) is 27.7. The molecule has 0 aliphatic carbocycles. The van der Waals surface area contributed by atoms with Gasteiger partial charge in [0.25, 0.3) is 11.5 Å². The standard InChI is InChI=1S/C30H37N5O2S/c1-20(2)26(34(16-8-15-33(5)6)29(36)24-13-11-21(3)12-14-24)27-32-28-25(18-31-38-28)30(37)35(27)19-23-10-7-9-22(4)17-23/h7,9-14,17-18,20,26H,8,15-16,19H2,1-6H3. The Labute approximate surface area is 228 Å². The summed E-state index contributed by atoms with van der Waals surface area (Å²) in [6, 6.07) is 15.5. The predicted octanol–water partition coefficient (Wildman–Crippen LogP) is 5.31. The molecule has 0 saturated carbocycles. The van der Waals surface area contributed by atoms with Crippen molar-refractivity contribution in [1.82, 2.24) is 23.7 Å². The van der Waals surface area contributed by atoms with Crippen molar-refractivity contribution in [1.29, 1.82) is 0 Å². The number of hydrogen-bond acceptors (Lipinski definition) is 6. The Bertz CT molecular complexity index is 1460. The van der Waals surface area contributed by atoms with E-state index < -0.39 is 6.04 Å². The fourth-order valence-corrected chi connectivity index (χ4v) is 5.46. The molecule has 38 heavy (non-hydrogen) atoms. The Morgan fingerprint density at radius 3 is 2.42 bits per heavy atom. The highest BCUT2D eigenvalue weighted by Crippen LogP contribution is 2.31. The lowest BCUT2D eigenvalue weighted by molar-refractivity contribution is 0.0595. The molecule has 0 aliphatic heterocycles. The second kappa shape index (κ2) is 12.0. The summed E-state index contributed by atoms with van der Waals surface area (Å²) in [6.07, 6.45) is 2.40. The van der Waals surface area contributed by atoms with Gasteiger partial charge in [-0.1, -0.05) is 61.4 Å². The van der Waals surface area contributed by atoms with Gasteiger partial charge >= 0.3 is 0 Å². The van der Waals surface area contributed by atoms with E-state index in [1.165, 1.54) is 11.5 Å². The number of aryl methyl sites for hydroxylation is 2. The summed E-state index contributed by atoms with van der Waals surface area (Å²) in [5.74, 6) is 0.571. The summed E-state index contributed by atoms with van der Waals surface area (Å²) in [4.78, 5) is 37.5. The van der Waals surface area contributed by atoms with Gasteiger partial charge in [-0.05, 0) is 76.1 Å². The number of carbonyl (C=O) groups is 1. The Morgan fingerprint density at radius 1 is 1.03 bits per heavy atom. The molecular weight excluding hydrogens is 494 g/mol. The first-order chi connectivity index (χ1) is 18.2. The minimum atomic E-state index is -0.394. The average molecular weight is 532 g/mol. The highest BCUT2D eigenvalue weighted by atomic mass is 32.1. The van der Waals surface area contributed by atoms with E-state index in [4.69, 9.17) is 4.98 Å². The zero-order valence-electron chi connectivity index (χ0n) is 23.1. The van der Waals surface area contributed by atoms with E-state index in [1.807, 2.05) is 75.3 Å². The van der Waals surface area contributed by atoms with Crippen LogP contribution in [-0.2, 0) is 6.54 Å². The molecule has 0 spiro atoms. The maximum atomic E-state index is 14.1. The molecule has 0 bridgehead atoms. The fourth-order valence-electron chi connectivity index (χ4n) is 4.83. The normalized spacial score (nSPS) is 12.4. The van der Waals surface area contributed by atoms with Gasteiger partial charge in [0, 0.05) is 12.1 Å².